The summed E-state index contributed by atoms with van der Waals surface area (Å²) in [4.78, 5) is 8.09. The maximum atomic E-state index is 4.22. The van der Waals surface area contributed by atoms with E-state index < -0.39 is 0 Å². The van der Waals surface area contributed by atoms with Crippen molar-refractivity contribution in [3.63, 3.8) is 0 Å². The Morgan fingerprint density at radius 1 is 0.920 bits per heavy atom. The first kappa shape index (κ1) is 18.7. The molecule has 0 aliphatic heterocycles. The maximum absolute atomic E-state index is 4.22. The minimum atomic E-state index is 0. The molecule has 3 heterocycles. The monoisotopic (exact) mass is 509 g/mol. The number of imidazole rings is 1. The first-order chi connectivity index (χ1) is 11.8. The van der Waals surface area contributed by atoms with Gasteiger partial charge in [-0.1, -0.05) is 0 Å². The van der Waals surface area contributed by atoms with Crippen LogP contribution < -0.4 is 0 Å². The number of rotatable bonds is 2. The van der Waals surface area contributed by atoms with Gasteiger partial charge in [0.1, 0.15) is 6.33 Å². The number of benzene rings is 1. The molecule has 25 heavy (non-hydrogen) atoms. The molecule has 0 fully saturated rings. The third kappa shape index (κ3) is 4.68. The van der Waals surface area contributed by atoms with Crippen LogP contribution >= 0.6 is 0 Å². The first-order valence-corrected chi connectivity index (χ1v) is 7.36. The smallest absolute Gasteiger partial charge is 0.107 e. The molecule has 0 amide bonds. The van der Waals surface area contributed by atoms with Gasteiger partial charge in [0.2, 0.25) is 0 Å². The van der Waals surface area contributed by atoms with Crippen LogP contribution in [0, 0.1) is 12.1 Å². The van der Waals surface area contributed by atoms with Crippen molar-refractivity contribution < 1.29 is 20.1 Å². The van der Waals surface area contributed by atoms with Crippen LogP contribution in [0.15, 0.2) is 61.4 Å². The van der Waals surface area contributed by atoms with Crippen molar-refractivity contribution in [1.29, 1.82) is 0 Å². The van der Waals surface area contributed by atoms with Gasteiger partial charge in [0.25, 0.3) is 0 Å². The number of pyridine rings is 1. The van der Waals surface area contributed by atoms with Gasteiger partial charge in [-0.05, 0) is 12.4 Å². The van der Waals surface area contributed by atoms with E-state index in [1.165, 1.54) is 0 Å². The molecule has 4 aromatic rings. The molecule has 3 aromatic heterocycles. The molecule has 129 valence electrons. The molecule has 0 aliphatic carbocycles. The van der Waals surface area contributed by atoms with E-state index in [1.807, 2.05) is 59.8 Å². The molecule has 0 aliphatic rings. The molecule has 0 saturated carbocycles. The topological polar surface area (TPSA) is 61.4 Å². The second kappa shape index (κ2) is 9.01. The number of hydrogen-bond donors (Lipinski definition) is 0. The van der Waals surface area contributed by atoms with Crippen molar-refractivity contribution in [3.8, 4) is 22.8 Å². The fourth-order valence-corrected chi connectivity index (χ4v) is 2.14. The van der Waals surface area contributed by atoms with E-state index in [0.717, 1.165) is 22.8 Å². The van der Waals surface area contributed by atoms with Gasteiger partial charge in [0.15, 0.2) is 0 Å². The van der Waals surface area contributed by atoms with Gasteiger partial charge in [-0.3, -0.25) is 9.97 Å². The van der Waals surface area contributed by atoms with Gasteiger partial charge >= 0.3 is 0 Å². The van der Waals surface area contributed by atoms with E-state index in [9.17, 15) is 0 Å². The SMILES string of the molecule is Cn1ccnc1-c1[c-]cccc1.Cn1cnnc1-c1[c-]cncc1.[Ir]. The Balaban J connectivity index is 0.000000173. The standard InChI is InChI=1S/C10H9N2.C8H7N4.Ir/c1-12-8-7-11-10(12)9-5-3-2-4-6-9;1-12-6-10-11-8(12)7-2-4-9-5-3-7;/h2-5,7-8H,1H3;2,4-6H,1H3;/q2*-1;. The summed E-state index contributed by atoms with van der Waals surface area (Å²) in [6, 6.07) is 15.8. The average Bonchev–Trinajstić information content (AvgIpc) is 3.25. The fourth-order valence-electron chi connectivity index (χ4n) is 2.14. The van der Waals surface area contributed by atoms with E-state index in [2.05, 4.69) is 32.3 Å². The van der Waals surface area contributed by atoms with Crippen LogP contribution in [0.5, 0.6) is 0 Å². The summed E-state index contributed by atoms with van der Waals surface area (Å²) in [7, 11) is 3.87. The molecule has 0 spiro atoms. The zero-order valence-corrected chi connectivity index (χ0v) is 16.2. The Hall–Kier alpha value is -2.63. The largest absolute Gasteiger partial charge is 0.373 e. The Labute approximate surface area is 160 Å². The molecular formula is C18H16IrN6-2. The average molecular weight is 509 g/mol. The number of hydrogen-bond acceptors (Lipinski definition) is 4. The van der Waals surface area contributed by atoms with Gasteiger partial charge in [0, 0.05) is 46.6 Å². The van der Waals surface area contributed by atoms with Crippen LogP contribution in [-0.4, -0.2) is 29.3 Å². The van der Waals surface area contributed by atoms with Crippen molar-refractivity contribution in [2.75, 3.05) is 0 Å². The third-order valence-corrected chi connectivity index (χ3v) is 3.35. The normalized spacial score (nSPS) is 9.68. The van der Waals surface area contributed by atoms with Crippen LogP contribution in [-0.2, 0) is 34.2 Å². The molecule has 1 radical (unpaired) electrons. The predicted octanol–water partition coefficient (Wildman–Crippen LogP) is 2.56. The van der Waals surface area contributed by atoms with Gasteiger partial charge in [-0.25, -0.2) is 0 Å². The van der Waals surface area contributed by atoms with Crippen LogP contribution in [0.25, 0.3) is 22.8 Å². The number of aromatic nitrogens is 6. The van der Waals surface area contributed by atoms with Crippen LogP contribution in [0.2, 0.25) is 0 Å². The first-order valence-electron chi connectivity index (χ1n) is 7.36. The number of nitrogens with zero attached hydrogens (tertiary/aromatic N) is 6. The molecule has 4 rings (SSSR count). The Kier molecular flexibility index (Phi) is 6.74. The molecule has 0 atom stereocenters. The van der Waals surface area contributed by atoms with Crippen LogP contribution in [0.4, 0.5) is 0 Å². The molecule has 7 heteroatoms. The van der Waals surface area contributed by atoms with Gasteiger partial charge < -0.3 is 9.13 Å². The summed E-state index contributed by atoms with van der Waals surface area (Å²) < 4.78 is 3.82. The maximum Gasteiger partial charge on any atom is 0.107 e. The van der Waals surface area contributed by atoms with Crippen molar-refractivity contribution >= 4 is 0 Å². The predicted molar refractivity (Wildman–Crippen MR) is 90.6 cm³/mol. The second-order valence-electron chi connectivity index (χ2n) is 5.06. The Bertz CT molecular complexity index is 810. The van der Waals surface area contributed by atoms with Gasteiger partial charge in [-0.2, -0.15) is 16.3 Å². The summed E-state index contributed by atoms with van der Waals surface area (Å²) in [6.07, 6.45) is 8.69. The molecule has 6 nitrogen and oxygen atoms in total. The van der Waals surface area contributed by atoms with Crippen molar-refractivity contribution in [1.82, 2.24) is 29.3 Å². The summed E-state index contributed by atoms with van der Waals surface area (Å²) in [5, 5.41) is 7.71. The van der Waals surface area contributed by atoms with Crippen molar-refractivity contribution in [2.24, 2.45) is 14.1 Å². The summed E-state index contributed by atoms with van der Waals surface area (Å²) in [5.41, 5.74) is 1.94. The van der Waals surface area contributed by atoms with Gasteiger partial charge in [-0.15, -0.1) is 47.5 Å². The Morgan fingerprint density at radius 3 is 2.32 bits per heavy atom. The minimum Gasteiger partial charge on any atom is -0.373 e. The second-order valence-corrected chi connectivity index (χ2v) is 5.06. The summed E-state index contributed by atoms with van der Waals surface area (Å²) in [6.45, 7) is 0. The van der Waals surface area contributed by atoms with Crippen LogP contribution in [0.1, 0.15) is 0 Å². The van der Waals surface area contributed by atoms with E-state index >= 15 is 0 Å². The van der Waals surface area contributed by atoms with E-state index in [1.54, 1.807) is 24.9 Å². The minimum absolute atomic E-state index is 0. The van der Waals surface area contributed by atoms with Crippen LogP contribution in [0.3, 0.4) is 0 Å². The van der Waals surface area contributed by atoms with E-state index in [4.69, 9.17) is 0 Å². The van der Waals surface area contributed by atoms with E-state index in [-0.39, 0.29) is 20.1 Å². The Morgan fingerprint density at radius 2 is 1.76 bits per heavy atom. The summed E-state index contributed by atoms with van der Waals surface area (Å²) >= 11 is 0. The molecule has 0 N–H and O–H groups in total. The fraction of sp³-hybridized carbons (Fsp3) is 0.111. The molecule has 0 saturated heterocycles. The van der Waals surface area contributed by atoms with E-state index in [0.29, 0.717) is 0 Å². The molecular weight excluding hydrogens is 492 g/mol. The molecule has 1 aromatic carbocycles. The zero-order chi connectivity index (χ0) is 16.8. The molecule has 0 bridgehead atoms. The number of aryl methyl sites for hydroxylation is 2. The third-order valence-electron chi connectivity index (χ3n) is 3.35. The molecule has 0 unspecified atom stereocenters. The zero-order valence-electron chi connectivity index (χ0n) is 13.8. The van der Waals surface area contributed by atoms with Crippen molar-refractivity contribution in [2.45, 2.75) is 0 Å². The summed E-state index contributed by atoms with van der Waals surface area (Å²) in [5.74, 6) is 1.76. The van der Waals surface area contributed by atoms with Gasteiger partial charge in [0.05, 0.1) is 11.6 Å². The quantitative estimate of drug-likeness (QED) is 0.391. The van der Waals surface area contributed by atoms with Crippen molar-refractivity contribution in [3.05, 3.63) is 73.6 Å².